The van der Waals surface area contributed by atoms with Crippen molar-refractivity contribution in [3.8, 4) is 5.88 Å². The van der Waals surface area contributed by atoms with Gasteiger partial charge in [-0.1, -0.05) is 11.6 Å². The van der Waals surface area contributed by atoms with Gasteiger partial charge in [0, 0.05) is 17.6 Å². The lowest BCUT2D eigenvalue weighted by Gasteiger charge is -2.47. The van der Waals surface area contributed by atoms with Gasteiger partial charge in [0.25, 0.3) is 5.56 Å². The second-order valence-corrected chi connectivity index (χ2v) is 11.0. The number of aromatic nitrogens is 2. The van der Waals surface area contributed by atoms with Gasteiger partial charge in [0.05, 0.1) is 19.2 Å². The maximum Gasteiger partial charge on any atom is 0.411 e. The number of ether oxygens (including phenoxy) is 3. The molecular weight excluding hydrogens is 507 g/mol. The third-order valence-corrected chi connectivity index (χ3v) is 7.43. The van der Waals surface area contributed by atoms with Gasteiger partial charge in [-0.3, -0.25) is 9.69 Å². The summed E-state index contributed by atoms with van der Waals surface area (Å²) < 4.78 is 31.8. The standard InChI is InChI=1S/C25H32ClFN4O6/c1-11-12(2)29-20(32)16-15(11)17(27)19(26)30-21(16)36-13(3)18-14-8-9-25(10-28-18,22(33)35-7)31(14)23(34)37-24(4,5)6/h13-14,18,28H,8-10H2,1-7H3,(H,29,32)/t13?,14-,18+,25+/m0/s1. The van der Waals surface area contributed by atoms with E-state index in [0.29, 0.717) is 24.1 Å². The molecule has 1 unspecified atom stereocenters. The molecule has 0 spiro atoms. The average molecular weight is 539 g/mol. The highest BCUT2D eigenvalue weighted by Crippen LogP contribution is 2.42. The quantitative estimate of drug-likeness (QED) is 0.448. The Morgan fingerprint density at radius 1 is 1.27 bits per heavy atom. The van der Waals surface area contributed by atoms with Crippen LogP contribution in [0.1, 0.15) is 51.8 Å². The van der Waals surface area contributed by atoms with Crippen LogP contribution < -0.4 is 15.6 Å². The number of hydrogen-bond acceptors (Lipinski definition) is 8. The third-order valence-electron chi connectivity index (χ3n) is 7.18. The van der Waals surface area contributed by atoms with E-state index in [1.165, 1.54) is 12.0 Å². The molecule has 2 aliphatic rings. The van der Waals surface area contributed by atoms with E-state index in [1.54, 1.807) is 41.5 Å². The average Bonchev–Trinajstić information content (AvgIpc) is 3.08. The summed E-state index contributed by atoms with van der Waals surface area (Å²) in [7, 11) is 1.28. The predicted molar refractivity (Wildman–Crippen MR) is 135 cm³/mol. The molecular formula is C25H32ClFN4O6. The summed E-state index contributed by atoms with van der Waals surface area (Å²) in [6.07, 6.45) is -0.435. The number of nitrogens with one attached hydrogen (secondary N) is 2. The molecule has 1 amide bonds. The fraction of sp³-hybridized carbons (Fsp3) is 0.600. The summed E-state index contributed by atoms with van der Waals surface area (Å²) in [6, 6.07) is -0.957. The van der Waals surface area contributed by atoms with E-state index in [0.717, 1.165) is 0 Å². The first-order valence-electron chi connectivity index (χ1n) is 12.1. The molecule has 0 aliphatic carbocycles. The molecule has 2 fully saturated rings. The van der Waals surface area contributed by atoms with Crippen molar-refractivity contribution in [2.75, 3.05) is 13.7 Å². The first kappa shape index (κ1) is 27.1. The molecule has 0 saturated carbocycles. The van der Waals surface area contributed by atoms with Crippen LogP contribution in [0.3, 0.4) is 0 Å². The SMILES string of the molecule is COC(=O)[C@@]12CC[C@@H]([C@@H](C(C)Oc3nc(Cl)c(F)c4c(C)c(C)[nH]c(=O)c34)NC1)N2C(=O)OC(C)(C)C. The van der Waals surface area contributed by atoms with Crippen molar-refractivity contribution in [2.24, 2.45) is 0 Å². The molecule has 2 aromatic heterocycles. The normalized spacial score (nSPS) is 24.2. The maximum absolute atomic E-state index is 14.9. The Bertz CT molecular complexity index is 1320. The molecule has 2 aliphatic heterocycles. The molecule has 10 nitrogen and oxygen atoms in total. The molecule has 0 aromatic carbocycles. The van der Waals surface area contributed by atoms with E-state index < -0.39 is 57.9 Å². The minimum Gasteiger partial charge on any atom is -0.472 e. The van der Waals surface area contributed by atoms with Gasteiger partial charge in [0.1, 0.15) is 17.1 Å². The van der Waals surface area contributed by atoms with Crippen LogP contribution in [0.2, 0.25) is 5.15 Å². The van der Waals surface area contributed by atoms with Gasteiger partial charge < -0.3 is 24.5 Å². The van der Waals surface area contributed by atoms with Gasteiger partial charge in [-0.2, -0.15) is 4.98 Å². The topological polar surface area (TPSA) is 123 Å². The molecule has 2 bridgehead atoms. The van der Waals surface area contributed by atoms with Crippen molar-refractivity contribution in [3.05, 3.63) is 32.6 Å². The second kappa shape index (κ2) is 9.43. The maximum atomic E-state index is 14.9. The summed E-state index contributed by atoms with van der Waals surface area (Å²) in [5.41, 5.74) is -1.53. The van der Waals surface area contributed by atoms with Crippen molar-refractivity contribution >= 4 is 34.4 Å². The molecule has 2 N–H and O–H groups in total. The van der Waals surface area contributed by atoms with Crippen LogP contribution in [0, 0.1) is 19.7 Å². The molecule has 4 heterocycles. The van der Waals surface area contributed by atoms with Crippen LogP contribution in [0.4, 0.5) is 9.18 Å². The number of aryl methyl sites for hydroxylation is 2. The number of nitrogens with zero attached hydrogens (tertiary/aromatic N) is 2. The second-order valence-electron chi connectivity index (χ2n) is 10.7. The summed E-state index contributed by atoms with van der Waals surface area (Å²) in [4.78, 5) is 47.2. The smallest absolute Gasteiger partial charge is 0.411 e. The fourth-order valence-electron chi connectivity index (χ4n) is 5.38. The molecule has 202 valence electrons. The molecule has 2 saturated heterocycles. The number of hydrogen-bond donors (Lipinski definition) is 2. The van der Waals surface area contributed by atoms with E-state index in [9.17, 15) is 18.8 Å². The number of methoxy groups -OCH3 is 1. The largest absolute Gasteiger partial charge is 0.472 e. The van der Waals surface area contributed by atoms with E-state index in [1.807, 2.05) is 0 Å². The first-order valence-corrected chi connectivity index (χ1v) is 12.5. The monoisotopic (exact) mass is 538 g/mol. The zero-order valence-corrected chi connectivity index (χ0v) is 22.7. The molecule has 0 radical (unpaired) electrons. The Labute approximate surface area is 218 Å². The third kappa shape index (κ3) is 4.52. The first-order chi connectivity index (χ1) is 17.2. The molecule has 4 rings (SSSR count). The van der Waals surface area contributed by atoms with Crippen LogP contribution in [0.25, 0.3) is 10.8 Å². The highest BCUT2D eigenvalue weighted by molar-refractivity contribution is 6.30. The van der Waals surface area contributed by atoms with Gasteiger partial charge in [0.2, 0.25) is 5.88 Å². The van der Waals surface area contributed by atoms with Crippen LogP contribution in [0.15, 0.2) is 4.79 Å². The van der Waals surface area contributed by atoms with E-state index in [4.69, 9.17) is 25.8 Å². The Hall–Kier alpha value is -2.92. The highest BCUT2D eigenvalue weighted by atomic mass is 35.5. The summed E-state index contributed by atoms with van der Waals surface area (Å²) >= 11 is 6.08. The number of esters is 1. The van der Waals surface area contributed by atoms with Gasteiger partial charge >= 0.3 is 12.1 Å². The van der Waals surface area contributed by atoms with E-state index in [-0.39, 0.29) is 23.2 Å². The number of piperazine rings is 1. The number of carbonyl (C=O) groups is 2. The number of halogens is 2. The van der Waals surface area contributed by atoms with Gasteiger partial charge in [-0.15, -0.1) is 0 Å². The van der Waals surface area contributed by atoms with Crippen molar-refractivity contribution in [2.45, 2.75) is 83.7 Å². The van der Waals surface area contributed by atoms with Crippen LogP contribution in [-0.4, -0.2) is 69.9 Å². The Kier molecular flexibility index (Phi) is 6.91. The molecule has 12 heteroatoms. The highest BCUT2D eigenvalue weighted by Gasteiger charge is 2.61. The van der Waals surface area contributed by atoms with Crippen molar-refractivity contribution in [1.82, 2.24) is 20.2 Å². The van der Waals surface area contributed by atoms with Crippen LogP contribution >= 0.6 is 11.6 Å². The molecule has 37 heavy (non-hydrogen) atoms. The minimum atomic E-state index is -1.21. The lowest BCUT2D eigenvalue weighted by Crippen LogP contribution is -2.71. The Morgan fingerprint density at radius 3 is 2.57 bits per heavy atom. The summed E-state index contributed by atoms with van der Waals surface area (Å²) in [5.74, 6) is -1.45. The number of fused-ring (bicyclic) bond motifs is 3. The predicted octanol–water partition coefficient (Wildman–Crippen LogP) is 3.38. The van der Waals surface area contributed by atoms with Gasteiger partial charge in [0.15, 0.2) is 16.5 Å². The summed E-state index contributed by atoms with van der Waals surface area (Å²) in [6.45, 7) is 10.4. The summed E-state index contributed by atoms with van der Waals surface area (Å²) in [5, 5.41) is 2.90. The van der Waals surface area contributed by atoms with Crippen molar-refractivity contribution < 1.29 is 28.2 Å². The zero-order valence-electron chi connectivity index (χ0n) is 22.0. The van der Waals surface area contributed by atoms with E-state index >= 15 is 0 Å². The molecule has 4 atom stereocenters. The fourth-order valence-corrected chi connectivity index (χ4v) is 5.55. The number of rotatable bonds is 4. The van der Waals surface area contributed by atoms with Gasteiger partial charge in [-0.25, -0.2) is 14.0 Å². The Balaban J connectivity index is 1.72. The minimum absolute atomic E-state index is 0.0426. The van der Waals surface area contributed by atoms with Crippen molar-refractivity contribution in [3.63, 3.8) is 0 Å². The number of aromatic amines is 1. The number of amides is 1. The number of H-pyrrole nitrogens is 1. The van der Waals surface area contributed by atoms with Crippen LogP contribution in [0.5, 0.6) is 5.88 Å². The van der Waals surface area contributed by atoms with Crippen LogP contribution in [-0.2, 0) is 14.3 Å². The van der Waals surface area contributed by atoms with Crippen molar-refractivity contribution in [1.29, 1.82) is 0 Å². The lowest BCUT2D eigenvalue weighted by atomic mass is 9.94. The zero-order chi connectivity index (χ0) is 27.4. The molecule has 2 aromatic rings. The van der Waals surface area contributed by atoms with E-state index in [2.05, 4.69) is 15.3 Å². The van der Waals surface area contributed by atoms with Gasteiger partial charge in [-0.05, 0) is 59.9 Å². The Morgan fingerprint density at radius 2 is 1.95 bits per heavy atom. The number of pyridine rings is 2. The number of carbonyl (C=O) groups excluding carboxylic acids is 2. The lowest BCUT2D eigenvalue weighted by molar-refractivity contribution is -0.156.